The first kappa shape index (κ1) is 21.3. The molecule has 0 unspecified atom stereocenters. The number of carbonyl (C=O) groups excluding carboxylic acids is 1. The molecule has 0 aliphatic rings. The largest absolute Gasteiger partial charge is 0.369 e. The van der Waals surface area contributed by atoms with E-state index in [2.05, 4.69) is 20.8 Å². The van der Waals surface area contributed by atoms with Crippen molar-refractivity contribution in [2.45, 2.75) is 6.92 Å². The van der Waals surface area contributed by atoms with Crippen molar-refractivity contribution in [2.75, 3.05) is 10.6 Å². The molecule has 3 aromatic rings. The van der Waals surface area contributed by atoms with Gasteiger partial charge in [0.15, 0.2) is 0 Å². The SMILES string of the molecule is C/C(=N\N=C(N)N)c1ccc(NC(=O)Nc2ccc(/C=C/c3ccccc3)cc2)cc1. The molecule has 0 saturated carbocycles. The number of guanidine groups is 1. The fourth-order valence-corrected chi connectivity index (χ4v) is 2.71. The third kappa shape index (κ3) is 6.86. The van der Waals surface area contributed by atoms with Crippen molar-refractivity contribution in [3.63, 3.8) is 0 Å². The number of hydrogen-bond acceptors (Lipinski definition) is 3. The summed E-state index contributed by atoms with van der Waals surface area (Å²) in [5.41, 5.74) is 15.6. The smallest absolute Gasteiger partial charge is 0.323 e. The van der Waals surface area contributed by atoms with Crippen LogP contribution in [0.1, 0.15) is 23.6 Å². The molecular weight excluding hydrogens is 388 g/mol. The summed E-state index contributed by atoms with van der Waals surface area (Å²) in [5.74, 6) is -0.102. The molecule has 0 aromatic heterocycles. The lowest BCUT2D eigenvalue weighted by Crippen LogP contribution is -2.22. The Bertz CT molecular complexity index is 1100. The van der Waals surface area contributed by atoms with Crippen LogP contribution in [0.4, 0.5) is 16.2 Å². The van der Waals surface area contributed by atoms with E-state index in [9.17, 15) is 4.79 Å². The highest BCUT2D eigenvalue weighted by molar-refractivity contribution is 6.01. The van der Waals surface area contributed by atoms with E-state index >= 15 is 0 Å². The van der Waals surface area contributed by atoms with E-state index in [1.165, 1.54) is 0 Å². The number of rotatable bonds is 6. The van der Waals surface area contributed by atoms with Gasteiger partial charge in [-0.25, -0.2) is 4.79 Å². The van der Waals surface area contributed by atoms with E-state index in [1.54, 1.807) is 19.1 Å². The Kier molecular flexibility index (Phi) is 7.16. The Hall–Kier alpha value is -4.39. The summed E-state index contributed by atoms with van der Waals surface area (Å²) in [6.45, 7) is 1.79. The lowest BCUT2D eigenvalue weighted by Gasteiger charge is -2.08. The van der Waals surface area contributed by atoms with Crippen LogP contribution in [0.15, 0.2) is 89.1 Å². The molecule has 7 nitrogen and oxygen atoms in total. The first-order valence-electron chi connectivity index (χ1n) is 9.64. The summed E-state index contributed by atoms with van der Waals surface area (Å²) < 4.78 is 0. The molecule has 6 N–H and O–H groups in total. The van der Waals surface area contributed by atoms with Gasteiger partial charge in [0.1, 0.15) is 0 Å². The number of nitrogens with zero attached hydrogens (tertiary/aromatic N) is 2. The number of amides is 2. The monoisotopic (exact) mass is 412 g/mol. The fraction of sp³-hybridized carbons (Fsp3) is 0.0417. The van der Waals surface area contributed by atoms with Gasteiger partial charge in [0.2, 0.25) is 5.96 Å². The summed E-state index contributed by atoms with van der Waals surface area (Å²) in [6.07, 6.45) is 4.07. The van der Waals surface area contributed by atoms with Crippen LogP contribution in [0.5, 0.6) is 0 Å². The van der Waals surface area contributed by atoms with Gasteiger partial charge in [0.05, 0.1) is 5.71 Å². The van der Waals surface area contributed by atoms with E-state index < -0.39 is 0 Å². The van der Waals surface area contributed by atoms with Crippen LogP contribution in [-0.2, 0) is 0 Å². The molecule has 31 heavy (non-hydrogen) atoms. The van der Waals surface area contributed by atoms with E-state index in [0.717, 1.165) is 16.7 Å². The lowest BCUT2D eigenvalue weighted by molar-refractivity contribution is 0.262. The zero-order chi connectivity index (χ0) is 22.1. The van der Waals surface area contributed by atoms with Crippen molar-refractivity contribution in [2.24, 2.45) is 21.7 Å². The van der Waals surface area contributed by atoms with Gasteiger partial charge >= 0.3 is 6.03 Å². The Morgan fingerprint density at radius 1 is 0.742 bits per heavy atom. The normalized spacial score (nSPS) is 11.2. The third-order valence-electron chi connectivity index (χ3n) is 4.31. The highest BCUT2D eigenvalue weighted by atomic mass is 16.2. The number of nitrogens with two attached hydrogens (primary N) is 2. The summed E-state index contributed by atoms with van der Waals surface area (Å²) >= 11 is 0. The number of nitrogens with one attached hydrogen (secondary N) is 2. The molecular formula is C24H24N6O. The standard InChI is InChI=1S/C24H24N6O/c1-17(29-30-23(25)26)20-11-15-22(16-12-20)28-24(31)27-21-13-9-19(10-14-21)8-7-18-5-3-2-4-6-18/h2-16H,1H3,(H4,25,26,30)(H2,27,28,31)/b8-7+,29-17+. The Morgan fingerprint density at radius 3 is 1.81 bits per heavy atom. The van der Waals surface area contributed by atoms with E-state index in [4.69, 9.17) is 11.5 Å². The molecule has 0 saturated heterocycles. The van der Waals surface area contributed by atoms with Crippen molar-refractivity contribution < 1.29 is 4.79 Å². The first-order chi connectivity index (χ1) is 15.0. The molecule has 3 aromatic carbocycles. The van der Waals surface area contributed by atoms with E-state index in [0.29, 0.717) is 17.1 Å². The second kappa shape index (κ2) is 10.4. The first-order valence-corrected chi connectivity index (χ1v) is 9.64. The molecule has 0 fully saturated rings. The van der Waals surface area contributed by atoms with Crippen LogP contribution < -0.4 is 22.1 Å². The second-order valence-electron chi connectivity index (χ2n) is 6.73. The van der Waals surface area contributed by atoms with E-state index in [-0.39, 0.29) is 12.0 Å². The topological polar surface area (TPSA) is 118 Å². The number of anilines is 2. The van der Waals surface area contributed by atoms with Crippen LogP contribution in [0.3, 0.4) is 0 Å². The van der Waals surface area contributed by atoms with Gasteiger partial charge in [-0.1, -0.05) is 66.7 Å². The van der Waals surface area contributed by atoms with E-state index in [1.807, 2.05) is 78.9 Å². The lowest BCUT2D eigenvalue weighted by atomic mass is 10.1. The summed E-state index contributed by atoms with van der Waals surface area (Å²) in [7, 11) is 0. The number of carbonyl (C=O) groups is 1. The maximum atomic E-state index is 12.3. The molecule has 0 bridgehead atoms. The van der Waals surface area contributed by atoms with Crippen molar-refractivity contribution >= 4 is 41.2 Å². The molecule has 0 atom stereocenters. The zero-order valence-electron chi connectivity index (χ0n) is 17.1. The van der Waals surface area contributed by atoms with Crippen LogP contribution >= 0.6 is 0 Å². The molecule has 0 aliphatic carbocycles. The predicted octanol–water partition coefficient (Wildman–Crippen LogP) is 4.50. The van der Waals surface area contributed by atoms with Gasteiger partial charge in [0.25, 0.3) is 0 Å². The molecule has 2 amide bonds. The average Bonchev–Trinajstić information content (AvgIpc) is 2.78. The predicted molar refractivity (Wildman–Crippen MR) is 129 cm³/mol. The van der Waals surface area contributed by atoms with Gasteiger partial charge in [-0.05, 0) is 47.9 Å². The zero-order valence-corrected chi connectivity index (χ0v) is 17.1. The molecule has 7 heteroatoms. The van der Waals surface area contributed by atoms with Crippen LogP contribution in [0.25, 0.3) is 12.2 Å². The van der Waals surface area contributed by atoms with Crippen molar-refractivity contribution in [1.29, 1.82) is 0 Å². The van der Waals surface area contributed by atoms with Crippen LogP contribution in [0, 0.1) is 0 Å². The third-order valence-corrected chi connectivity index (χ3v) is 4.31. The minimum absolute atomic E-state index is 0.102. The Balaban J connectivity index is 1.55. The highest BCUT2D eigenvalue weighted by Crippen LogP contribution is 2.15. The summed E-state index contributed by atoms with van der Waals surface area (Å²) in [6, 6.07) is 24.6. The fourth-order valence-electron chi connectivity index (χ4n) is 2.71. The van der Waals surface area contributed by atoms with Crippen molar-refractivity contribution in [1.82, 2.24) is 0 Å². The van der Waals surface area contributed by atoms with Crippen LogP contribution in [0.2, 0.25) is 0 Å². The summed E-state index contributed by atoms with van der Waals surface area (Å²) in [4.78, 5) is 12.3. The summed E-state index contributed by atoms with van der Waals surface area (Å²) in [5, 5.41) is 13.2. The van der Waals surface area contributed by atoms with Crippen molar-refractivity contribution in [3.05, 3.63) is 95.6 Å². The Labute approximate surface area is 181 Å². The molecule has 0 aliphatic heterocycles. The highest BCUT2D eigenvalue weighted by Gasteiger charge is 2.04. The number of urea groups is 1. The average molecular weight is 412 g/mol. The van der Waals surface area contributed by atoms with Gasteiger partial charge in [-0.3, -0.25) is 0 Å². The Morgan fingerprint density at radius 2 is 1.26 bits per heavy atom. The second-order valence-corrected chi connectivity index (χ2v) is 6.73. The molecule has 0 radical (unpaired) electrons. The number of hydrogen-bond donors (Lipinski definition) is 4. The molecule has 0 spiro atoms. The maximum absolute atomic E-state index is 12.3. The van der Waals surface area contributed by atoms with Gasteiger partial charge in [-0.15, -0.1) is 5.10 Å². The van der Waals surface area contributed by atoms with Gasteiger partial charge < -0.3 is 22.1 Å². The maximum Gasteiger partial charge on any atom is 0.323 e. The quantitative estimate of drug-likeness (QED) is 0.207. The molecule has 0 heterocycles. The van der Waals surface area contributed by atoms with Crippen LogP contribution in [-0.4, -0.2) is 17.7 Å². The molecule has 3 rings (SSSR count). The van der Waals surface area contributed by atoms with Crippen molar-refractivity contribution in [3.8, 4) is 0 Å². The van der Waals surface area contributed by atoms with Gasteiger partial charge in [0, 0.05) is 11.4 Å². The van der Waals surface area contributed by atoms with Gasteiger partial charge in [-0.2, -0.15) is 5.10 Å². The number of benzene rings is 3. The molecule has 156 valence electrons. The minimum atomic E-state index is -0.328. The minimum Gasteiger partial charge on any atom is -0.369 e.